The predicted octanol–water partition coefficient (Wildman–Crippen LogP) is 3.10. The van der Waals surface area contributed by atoms with Crippen LogP contribution in [0.1, 0.15) is 32.3 Å². The van der Waals surface area contributed by atoms with Crippen molar-refractivity contribution in [2.24, 2.45) is 17.6 Å². The molecule has 0 aromatic heterocycles. The van der Waals surface area contributed by atoms with E-state index in [0.29, 0.717) is 24.8 Å². The van der Waals surface area contributed by atoms with Crippen molar-refractivity contribution in [3.8, 4) is 0 Å². The van der Waals surface area contributed by atoms with Crippen molar-refractivity contribution >= 4 is 17.5 Å². The molecule has 0 radical (unpaired) electrons. The number of nitrogens with two attached hydrogens (primary N) is 1. The van der Waals surface area contributed by atoms with E-state index in [1.165, 1.54) is 5.56 Å². The number of halogens is 1. The number of likely N-dealkylation sites (tertiary alicyclic amines) is 1. The Morgan fingerprint density at radius 3 is 2.86 bits per heavy atom. The highest BCUT2D eigenvalue weighted by molar-refractivity contribution is 6.30. The lowest BCUT2D eigenvalue weighted by molar-refractivity contribution is -0.134. The second-order valence-electron chi connectivity index (χ2n) is 6.59. The third kappa shape index (κ3) is 5.01. The Hall–Kier alpha value is -1.06. The summed E-state index contributed by atoms with van der Waals surface area (Å²) < 4.78 is 0. The Bertz CT molecular complexity index is 489. The van der Waals surface area contributed by atoms with Crippen LogP contribution in [0.2, 0.25) is 5.02 Å². The van der Waals surface area contributed by atoms with Crippen LogP contribution in [0.25, 0.3) is 0 Å². The van der Waals surface area contributed by atoms with Crippen LogP contribution in [0.3, 0.4) is 0 Å². The van der Waals surface area contributed by atoms with E-state index in [2.05, 4.69) is 19.9 Å². The zero-order chi connectivity index (χ0) is 15.4. The second kappa shape index (κ2) is 7.28. The van der Waals surface area contributed by atoms with Gasteiger partial charge in [-0.2, -0.15) is 0 Å². The summed E-state index contributed by atoms with van der Waals surface area (Å²) in [5.41, 5.74) is 7.37. The molecule has 1 aromatic carbocycles. The van der Waals surface area contributed by atoms with Crippen molar-refractivity contribution in [2.75, 3.05) is 13.1 Å². The maximum Gasteiger partial charge on any atom is 0.222 e. The van der Waals surface area contributed by atoms with Crippen LogP contribution < -0.4 is 5.73 Å². The van der Waals surface area contributed by atoms with Crippen LogP contribution >= 0.6 is 11.6 Å². The van der Waals surface area contributed by atoms with Crippen LogP contribution in [-0.2, 0) is 11.2 Å². The summed E-state index contributed by atoms with van der Waals surface area (Å²) in [5.74, 6) is 1.04. The minimum Gasteiger partial charge on any atom is -0.341 e. The van der Waals surface area contributed by atoms with E-state index in [-0.39, 0.29) is 11.9 Å². The van der Waals surface area contributed by atoms with E-state index in [0.717, 1.165) is 24.4 Å². The fourth-order valence-corrected chi connectivity index (χ4v) is 3.29. The van der Waals surface area contributed by atoms with Gasteiger partial charge in [-0.15, -0.1) is 0 Å². The van der Waals surface area contributed by atoms with Gasteiger partial charge in [-0.3, -0.25) is 4.79 Å². The van der Waals surface area contributed by atoms with E-state index in [1.54, 1.807) is 0 Å². The molecule has 1 aliphatic heterocycles. The van der Waals surface area contributed by atoms with Gasteiger partial charge in [-0.05, 0) is 42.4 Å². The average Bonchev–Trinajstić information content (AvgIpc) is 2.37. The summed E-state index contributed by atoms with van der Waals surface area (Å²) in [7, 11) is 0. The number of hydrogen-bond donors (Lipinski definition) is 1. The summed E-state index contributed by atoms with van der Waals surface area (Å²) in [6, 6.07) is 8.03. The second-order valence-corrected chi connectivity index (χ2v) is 7.03. The Morgan fingerprint density at radius 2 is 2.19 bits per heavy atom. The van der Waals surface area contributed by atoms with Crippen molar-refractivity contribution in [3.05, 3.63) is 34.9 Å². The number of hydrogen-bond acceptors (Lipinski definition) is 2. The number of nitrogens with zero attached hydrogens (tertiary/aromatic N) is 1. The van der Waals surface area contributed by atoms with Gasteiger partial charge in [0.1, 0.15) is 0 Å². The van der Waals surface area contributed by atoms with Gasteiger partial charge in [-0.1, -0.05) is 37.6 Å². The molecule has 2 atom stereocenters. The van der Waals surface area contributed by atoms with Gasteiger partial charge in [0.05, 0.1) is 0 Å². The highest BCUT2D eigenvalue weighted by Gasteiger charge is 2.28. The summed E-state index contributed by atoms with van der Waals surface area (Å²) >= 11 is 6.04. The zero-order valence-corrected chi connectivity index (χ0v) is 13.6. The van der Waals surface area contributed by atoms with Gasteiger partial charge >= 0.3 is 0 Å². The molecule has 0 spiro atoms. The number of rotatable bonds is 4. The third-order valence-corrected chi connectivity index (χ3v) is 4.15. The van der Waals surface area contributed by atoms with E-state index in [4.69, 9.17) is 17.3 Å². The maximum atomic E-state index is 12.3. The topological polar surface area (TPSA) is 46.3 Å². The van der Waals surface area contributed by atoms with Crippen LogP contribution in [0, 0.1) is 11.8 Å². The number of carbonyl (C=O) groups excluding carboxylic acids is 1. The molecule has 0 saturated carbocycles. The van der Waals surface area contributed by atoms with E-state index >= 15 is 0 Å². The van der Waals surface area contributed by atoms with Crippen LogP contribution in [0.5, 0.6) is 0 Å². The highest BCUT2D eigenvalue weighted by Crippen LogP contribution is 2.23. The van der Waals surface area contributed by atoms with Crippen LogP contribution in [-0.4, -0.2) is 29.9 Å². The Kier molecular flexibility index (Phi) is 5.65. The summed E-state index contributed by atoms with van der Waals surface area (Å²) in [6.07, 6.45) is 2.51. The third-order valence-electron chi connectivity index (χ3n) is 3.92. The minimum atomic E-state index is 0.0825. The average molecular weight is 309 g/mol. The molecule has 1 aliphatic rings. The highest BCUT2D eigenvalue weighted by atomic mass is 35.5. The molecule has 1 heterocycles. The van der Waals surface area contributed by atoms with Gasteiger partial charge in [-0.25, -0.2) is 0 Å². The fourth-order valence-electron chi connectivity index (χ4n) is 3.07. The molecule has 21 heavy (non-hydrogen) atoms. The first-order valence-corrected chi connectivity index (χ1v) is 8.09. The molecule has 2 N–H and O–H groups in total. The van der Waals surface area contributed by atoms with E-state index < -0.39 is 0 Å². The number of amides is 1. The summed E-state index contributed by atoms with van der Waals surface area (Å²) in [6.45, 7) is 5.65. The first-order chi connectivity index (χ1) is 9.94. The maximum absolute atomic E-state index is 12.3. The fraction of sp³-hybridized carbons (Fsp3) is 0.588. The predicted molar refractivity (Wildman–Crippen MR) is 87.3 cm³/mol. The molecular weight excluding hydrogens is 284 g/mol. The first-order valence-electron chi connectivity index (χ1n) is 7.72. The molecule has 1 saturated heterocycles. The monoisotopic (exact) mass is 308 g/mol. The zero-order valence-electron chi connectivity index (χ0n) is 12.9. The van der Waals surface area contributed by atoms with Crippen molar-refractivity contribution < 1.29 is 4.79 Å². The van der Waals surface area contributed by atoms with Gasteiger partial charge in [0.15, 0.2) is 0 Å². The summed E-state index contributed by atoms with van der Waals surface area (Å²) in [5, 5.41) is 0.764. The lowest BCUT2D eigenvalue weighted by Gasteiger charge is -2.37. The van der Waals surface area contributed by atoms with Crippen molar-refractivity contribution in [1.29, 1.82) is 0 Å². The molecule has 116 valence electrons. The lowest BCUT2D eigenvalue weighted by atomic mass is 9.88. The van der Waals surface area contributed by atoms with Gasteiger partial charge in [0.25, 0.3) is 0 Å². The molecule has 1 aromatic rings. The molecule has 1 amide bonds. The van der Waals surface area contributed by atoms with E-state index in [9.17, 15) is 4.79 Å². The van der Waals surface area contributed by atoms with Crippen molar-refractivity contribution in [1.82, 2.24) is 4.90 Å². The number of benzene rings is 1. The molecule has 1 fully saturated rings. The largest absolute Gasteiger partial charge is 0.341 e. The normalized spacial score (nSPS) is 22.6. The molecular formula is C17H25ClN2O. The standard InChI is InChI=1S/C17H25ClN2O/c1-12(2)6-17(21)20-10-14(9-16(19)11-20)7-13-4-3-5-15(18)8-13/h3-5,8,12,14,16H,6-7,9-11,19H2,1-2H3. The van der Waals surface area contributed by atoms with Gasteiger partial charge < -0.3 is 10.6 Å². The van der Waals surface area contributed by atoms with Gasteiger partial charge in [0, 0.05) is 30.6 Å². The minimum absolute atomic E-state index is 0.0825. The van der Waals surface area contributed by atoms with E-state index in [1.807, 2.05) is 23.1 Å². The molecule has 0 bridgehead atoms. The Labute approximate surface area is 132 Å². The van der Waals surface area contributed by atoms with Crippen molar-refractivity contribution in [2.45, 2.75) is 39.2 Å². The van der Waals surface area contributed by atoms with Crippen LogP contribution in [0.15, 0.2) is 24.3 Å². The first kappa shape index (κ1) is 16.3. The molecule has 4 heteroatoms. The molecule has 3 nitrogen and oxygen atoms in total. The van der Waals surface area contributed by atoms with Crippen LogP contribution in [0.4, 0.5) is 0 Å². The smallest absolute Gasteiger partial charge is 0.222 e. The van der Waals surface area contributed by atoms with Crippen molar-refractivity contribution in [3.63, 3.8) is 0 Å². The number of piperidine rings is 1. The summed E-state index contributed by atoms with van der Waals surface area (Å²) in [4.78, 5) is 14.2. The SMILES string of the molecule is CC(C)CC(=O)N1CC(N)CC(Cc2cccc(Cl)c2)C1. The Morgan fingerprint density at radius 1 is 1.43 bits per heavy atom. The number of carbonyl (C=O) groups is 1. The molecule has 2 unspecified atom stereocenters. The lowest BCUT2D eigenvalue weighted by Crippen LogP contribution is -2.50. The van der Waals surface area contributed by atoms with Gasteiger partial charge in [0.2, 0.25) is 5.91 Å². The molecule has 2 rings (SSSR count). The molecule has 0 aliphatic carbocycles. The Balaban J connectivity index is 1.99. The quantitative estimate of drug-likeness (QED) is 0.929.